The molecular formula is C21H29Cl2N3O4S. The molecule has 10 heteroatoms. The predicted octanol–water partition coefficient (Wildman–Crippen LogP) is 3.89. The molecule has 0 radical (unpaired) electrons. The summed E-state index contributed by atoms with van der Waals surface area (Å²) in [5.41, 5.74) is 8.25. The van der Waals surface area contributed by atoms with E-state index in [2.05, 4.69) is 10.2 Å². The van der Waals surface area contributed by atoms with Gasteiger partial charge in [0, 0.05) is 47.7 Å². The molecule has 3 N–H and O–H groups in total. The van der Waals surface area contributed by atoms with Crippen molar-refractivity contribution in [2.45, 2.75) is 30.3 Å². The van der Waals surface area contributed by atoms with Crippen LogP contribution in [-0.4, -0.2) is 48.0 Å². The van der Waals surface area contributed by atoms with Crippen molar-refractivity contribution in [1.82, 2.24) is 0 Å². The standard InChI is InChI=1S/C21H28ClN3O4S.ClH/c1-13(17-9-14(22)10-19(28-2)21(17)29-3)24-18-11-16(25-8-7-15(23)12-25)5-6-20(18)30(4,26)27;/h5-6,9-11,13,15,24H,7-8,12,23H2,1-4H3;1H. The Morgan fingerprint density at radius 2 is 1.94 bits per heavy atom. The van der Waals surface area contributed by atoms with Crippen LogP contribution in [-0.2, 0) is 9.84 Å². The van der Waals surface area contributed by atoms with E-state index in [0.717, 1.165) is 30.8 Å². The lowest BCUT2D eigenvalue weighted by molar-refractivity contribution is 0.350. The first kappa shape index (κ1) is 25.4. The highest BCUT2D eigenvalue weighted by Crippen LogP contribution is 2.40. The first-order chi connectivity index (χ1) is 14.1. The van der Waals surface area contributed by atoms with E-state index >= 15 is 0 Å². The van der Waals surface area contributed by atoms with Crippen molar-refractivity contribution in [2.75, 3.05) is 43.8 Å². The molecule has 1 saturated heterocycles. The number of halogens is 2. The zero-order valence-corrected chi connectivity index (χ0v) is 20.4. The molecule has 3 rings (SSSR count). The number of nitrogens with two attached hydrogens (primary N) is 1. The van der Waals surface area contributed by atoms with Gasteiger partial charge in [-0.05, 0) is 37.6 Å². The summed E-state index contributed by atoms with van der Waals surface area (Å²) in [6, 6.07) is 8.60. The molecule has 0 amide bonds. The zero-order valence-electron chi connectivity index (χ0n) is 18.0. The van der Waals surface area contributed by atoms with Gasteiger partial charge in [-0.3, -0.25) is 0 Å². The number of sulfone groups is 1. The normalized spacial score (nSPS) is 17.1. The van der Waals surface area contributed by atoms with Crippen LogP contribution in [0.1, 0.15) is 24.9 Å². The van der Waals surface area contributed by atoms with Crippen LogP contribution in [0.25, 0.3) is 0 Å². The van der Waals surface area contributed by atoms with Crippen LogP contribution in [0.5, 0.6) is 11.5 Å². The molecule has 0 aromatic heterocycles. The summed E-state index contributed by atoms with van der Waals surface area (Å²) in [5.74, 6) is 1.06. The molecule has 2 atom stereocenters. The van der Waals surface area contributed by atoms with Gasteiger partial charge in [-0.2, -0.15) is 0 Å². The molecule has 0 bridgehead atoms. The van der Waals surface area contributed by atoms with Crippen LogP contribution in [0.4, 0.5) is 11.4 Å². The third-order valence-electron chi connectivity index (χ3n) is 5.26. The summed E-state index contributed by atoms with van der Waals surface area (Å²) in [4.78, 5) is 2.39. The van der Waals surface area contributed by atoms with Crippen LogP contribution in [0.3, 0.4) is 0 Å². The van der Waals surface area contributed by atoms with Gasteiger partial charge in [-0.15, -0.1) is 12.4 Å². The fourth-order valence-electron chi connectivity index (χ4n) is 3.76. The van der Waals surface area contributed by atoms with Crippen molar-refractivity contribution in [3.8, 4) is 11.5 Å². The van der Waals surface area contributed by atoms with Crippen molar-refractivity contribution in [2.24, 2.45) is 5.73 Å². The molecule has 172 valence electrons. The summed E-state index contributed by atoms with van der Waals surface area (Å²) in [6.07, 6.45) is 2.11. The third-order valence-corrected chi connectivity index (χ3v) is 6.64. The van der Waals surface area contributed by atoms with E-state index in [9.17, 15) is 8.42 Å². The number of rotatable bonds is 7. The topological polar surface area (TPSA) is 93.9 Å². The summed E-state index contributed by atoms with van der Waals surface area (Å²) in [7, 11) is -0.336. The highest BCUT2D eigenvalue weighted by Gasteiger charge is 2.24. The number of ether oxygens (including phenoxy) is 2. The lowest BCUT2D eigenvalue weighted by Gasteiger charge is -2.24. The first-order valence-corrected chi connectivity index (χ1v) is 11.9. The molecule has 1 aliphatic heterocycles. The van der Waals surface area contributed by atoms with Crippen molar-refractivity contribution < 1.29 is 17.9 Å². The highest BCUT2D eigenvalue weighted by molar-refractivity contribution is 7.90. The SMILES string of the molecule is COc1cc(Cl)cc(C(C)Nc2cc(N3CCC(N)C3)ccc2S(C)(=O)=O)c1OC.Cl. The average Bonchev–Trinajstić information content (AvgIpc) is 3.12. The van der Waals surface area contributed by atoms with Gasteiger partial charge in [0.2, 0.25) is 0 Å². The molecule has 2 aromatic rings. The molecule has 2 aromatic carbocycles. The Balaban J connectivity index is 0.00000341. The number of hydrogen-bond acceptors (Lipinski definition) is 7. The lowest BCUT2D eigenvalue weighted by atomic mass is 10.1. The molecule has 1 heterocycles. The van der Waals surface area contributed by atoms with Gasteiger partial charge >= 0.3 is 0 Å². The number of nitrogens with one attached hydrogen (secondary N) is 1. The fourth-order valence-corrected chi connectivity index (χ4v) is 4.81. The maximum Gasteiger partial charge on any atom is 0.177 e. The van der Waals surface area contributed by atoms with Crippen molar-refractivity contribution in [1.29, 1.82) is 0 Å². The molecule has 7 nitrogen and oxygen atoms in total. The Bertz CT molecular complexity index is 1030. The quantitative estimate of drug-likeness (QED) is 0.608. The minimum atomic E-state index is -3.44. The van der Waals surface area contributed by atoms with E-state index in [1.54, 1.807) is 32.4 Å². The van der Waals surface area contributed by atoms with Gasteiger partial charge in [-0.25, -0.2) is 8.42 Å². The van der Waals surface area contributed by atoms with E-state index in [4.69, 9.17) is 26.8 Å². The minimum absolute atomic E-state index is 0. The maximum atomic E-state index is 12.4. The number of nitrogens with zero attached hydrogens (tertiary/aromatic N) is 1. The van der Waals surface area contributed by atoms with Crippen molar-refractivity contribution in [3.63, 3.8) is 0 Å². The zero-order chi connectivity index (χ0) is 22.1. The maximum absolute atomic E-state index is 12.4. The summed E-state index contributed by atoms with van der Waals surface area (Å²) < 4.78 is 35.7. The lowest BCUT2D eigenvalue weighted by Crippen LogP contribution is -2.26. The molecule has 0 spiro atoms. The van der Waals surface area contributed by atoms with Crippen molar-refractivity contribution >= 4 is 45.2 Å². The largest absolute Gasteiger partial charge is 0.493 e. The molecule has 0 aliphatic carbocycles. The van der Waals surface area contributed by atoms with Gasteiger partial charge in [0.25, 0.3) is 0 Å². The fraction of sp³-hybridized carbons (Fsp3) is 0.429. The molecule has 1 fully saturated rings. The Morgan fingerprint density at radius 1 is 1.23 bits per heavy atom. The molecule has 1 aliphatic rings. The van der Waals surface area contributed by atoms with E-state index in [0.29, 0.717) is 22.2 Å². The van der Waals surface area contributed by atoms with Crippen molar-refractivity contribution in [3.05, 3.63) is 40.9 Å². The van der Waals surface area contributed by atoms with E-state index in [-0.39, 0.29) is 29.4 Å². The van der Waals surface area contributed by atoms with E-state index < -0.39 is 9.84 Å². The number of benzene rings is 2. The monoisotopic (exact) mass is 489 g/mol. The molecule has 0 saturated carbocycles. The molecule has 31 heavy (non-hydrogen) atoms. The summed E-state index contributed by atoms with van der Waals surface area (Å²) in [5, 5.41) is 3.83. The van der Waals surface area contributed by atoms with Crippen LogP contribution >= 0.6 is 24.0 Å². The highest BCUT2D eigenvalue weighted by atomic mass is 35.5. The second-order valence-electron chi connectivity index (χ2n) is 7.54. The second kappa shape index (κ2) is 10.2. The minimum Gasteiger partial charge on any atom is -0.493 e. The van der Waals surface area contributed by atoms with Crippen LogP contribution in [0.15, 0.2) is 35.2 Å². The van der Waals surface area contributed by atoms with Gasteiger partial charge in [-0.1, -0.05) is 11.6 Å². The Morgan fingerprint density at radius 3 is 2.48 bits per heavy atom. The first-order valence-electron chi connectivity index (χ1n) is 9.66. The predicted molar refractivity (Wildman–Crippen MR) is 128 cm³/mol. The smallest absolute Gasteiger partial charge is 0.177 e. The third kappa shape index (κ3) is 5.68. The van der Waals surface area contributed by atoms with Crippen LogP contribution in [0.2, 0.25) is 5.02 Å². The summed E-state index contributed by atoms with van der Waals surface area (Å²) in [6.45, 7) is 3.50. The Labute approximate surface area is 195 Å². The number of anilines is 2. The van der Waals surface area contributed by atoms with Crippen LogP contribution < -0.4 is 25.4 Å². The van der Waals surface area contributed by atoms with Gasteiger partial charge in [0.15, 0.2) is 21.3 Å². The average molecular weight is 490 g/mol. The van der Waals surface area contributed by atoms with Gasteiger partial charge in [0.05, 0.1) is 30.8 Å². The second-order valence-corrected chi connectivity index (χ2v) is 9.96. The number of hydrogen-bond donors (Lipinski definition) is 2. The molecular weight excluding hydrogens is 461 g/mol. The Hall–Kier alpha value is -1.87. The summed E-state index contributed by atoms with van der Waals surface area (Å²) >= 11 is 6.26. The number of methoxy groups -OCH3 is 2. The van der Waals surface area contributed by atoms with Gasteiger partial charge < -0.3 is 25.4 Å². The molecule has 2 unspecified atom stereocenters. The van der Waals surface area contributed by atoms with E-state index in [1.165, 1.54) is 6.26 Å². The Kier molecular flexibility index (Phi) is 8.33. The van der Waals surface area contributed by atoms with Crippen LogP contribution in [0, 0.1) is 0 Å². The van der Waals surface area contributed by atoms with E-state index in [1.807, 2.05) is 19.1 Å². The van der Waals surface area contributed by atoms with Gasteiger partial charge in [0.1, 0.15) is 0 Å².